The van der Waals surface area contributed by atoms with Gasteiger partial charge in [0.25, 0.3) is 11.5 Å². The molecule has 1 aliphatic rings. The van der Waals surface area contributed by atoms with Crippen molar-refractivity contribution in [3.63, 3.8) is 0 Å². The van der Waals surface area contributed by atoms with Gasteiger partial charge >= 0.3 is 5.97 Å². The Balaban J connectivity index is 2.44. The Morgan fingerprint density at radius 3 is 2.54 bits per heavy atom. The van der Waals surface area contributed by atoms with Crippen LogP contribution in [0.15, 0.2) is 10.9 Å². The first-order valence-corrected chi connectivity index (χ1v) is 9.66. The Labute approximate surface area is 154 Å². The van der Waals surface area contributed by atoms with Gasteiger partial charge in [0.05, 0.1) is 0 Å². The molecule has 0 unspecified atom stereocenters. The van der Waals surface area contributed by atoms with Crippen molar-refractivity contribution < 1.29 is 14.7 Å². The number of aryl methyl sites for hydroxylation is 1. The molecule has 0 radical (unpaired) electrons. The molecule has 1 aromatic heterocycles. The van der Waals surface area contributed by atoms with Gasteiger partial charge in [0.2, 0.25) is 0 Å². The number of hydrogen-bond acceptors (Lipinski definition) is 3. The monoisotopic (exact) mass is 362 g/mol. The molecule has 144 valence electrons. The largest absolute Gasteiger partial charge is 0.480 e. The van der Waals surface area contributed by atoms with E-state index < -0.39 is 17.9 Å². The number of aromatic nitrogens is 1. The molecule has 2 rings (SSSR count). The third kappa shape index (κ3) is 4.54. The lowest BCUT2D eigenvalue weighted by atomic mass is 10.0. The second-order valence-corrected chi connectivity index (χ2v) is 7.43. The summed E-state index contributed by atoms with van der Waals surface area (Å²) in [7, 11) is 0. The molecule has 2 N–H and O–H groups in total. The topological polar surface area (TPSA) is 88.4 Å². The minimum Gasteiger partial charge on any atom is -0.480 e. The van der Waals surface area contributed by atoms with Crippen LogP contribution in [-0.4, -0.2) is 27.6 Å². The minimum absolute atomic E-state index is 0.0636. The third-order valence-corrected chi connectivity index (χ3v) is 5.05. The van der Waals surface area contributed by atoms with Crippen molar-refractivity contribution in [1.82, 2.24) is 9.88 Å². The van der Waals surface area contributed by atoms with Crippen LogP contribution in [-0.2, 0) is 24.2 Å². The molecule has 1 heterocycles. The molecule has 6 nitrogen and oxygen atoms in total. The highest BCUT2D eigenvalue weighted by Crippen LogP contribution is 2.21. The summed E-state index contributed by atoms with van der Waals surface area (Å²) in [5.41, 5.74) is 1.87. The molecule has 0 aromatic carbocycles. The number of rotatable bonds is 7. The lowest BCUT2D eigenvalue weighted by molar-refractivity contribution is -0.140. The van der Waals surface area contributed by atoms with E-state index in [9.17, 15) is 19.5 Å². The fourth-order valence-electron chi connectivity index (χ4n) is 3.51. The number of unbranched alkanes of at least 4 members (excludes halogenated alkanes) is 1. The van der Waals surface area contributed by atoms with E-state index in [-0.39, 0.29) is 17.0 Å². The Morgan fingerprint density at radius 2 is 1.92 bits per heavy atom. The standard InChI is InChI=1S/C20H30N2O4/c1-4-5-11-22-16-10-8-6-7-9-14(16)12-15(19(22)24)18(23)21-17(13(2)3)20(25)26/h12-13,17H,4-11H2,1-3H3,(H,21,23)(H,25,26)/t17-/m0/s1. The number of carbonyl (C=O) groups is 2. The van der Waals surface area contributed by atoms with Gasteiger partial charge in [0, 0.05) is 12.2 Å². The molecular weight excluding hydrogens is 332 g/mol. The number of pyridine rings is 1. The maximum Gasteiger partial charge on any atom is 0.326 e. The summed E-state index contributed by atoms with van der Waals surface area (Å²) in [5, 5.41) is 11.8. The first-order valence-electron chi connectivity index (χ1n) is 9.66. The molecule has 0 fully saturated rings. The number of carboxylic acids is 1. The van der Waals surface area contributed by atoms with E-state index in [4.69, 9.17) is 0 Å². The van der Waals surface area contributed by atoms with E-state index >= 15 is 0 Å². The fourth-order valence-corrected chi connectivity index (χ4v) is 3.51. The molecule has 0 aliphatic heterocycles. The van der Waals surface area contributed by atoms with E-state index in [1.165, 1.54) is 0 Å². The molecule has 6 heteroatoms. The molecule has 1 aromatic rings. The molecule has 0 saturated carbocycles. The van der Waals surface area contributed by atoms with Gasteiger partial charge in [-0.3, -0.25) is 9.59 Å². The predicted octanol–water partition coefficient (Wildman–Crippen LogP) is 2.76. The number of hydrogen-bond donors (Lipinski definition) is 2. The summed E-state index contributed by atoms with van der Waals surface area (Å²) in [6, 6.07) is 0.685. The number of amides is 1. The number of carboxylic acid groups (broad SMARTS) is 1. The van der Waals surface area contributed by atoms with Gasteiger partial charge in [-0.2, -0.15) is 0 Å². The second-order valence-electron chi connectivity index (χ2n) is 7.43. The van der Waals surface area contributed by atoms with Crippen molar-refractivity contribution in [3.8, 4) is 0 Å². The Bertz CT molecular complexity index is 721. The van der Waals surface area contributed by atoms with Crippen LogP contribution in [0.4, 0.5) is 0 Å². The quantitative estimate of drug-likeness (QED) is 0.730. The normalized spacial score (nSPS) is 15.2. The second kappa shape index (κ2) is 9.01. The van der Waals surface area contributed by atoms with Crippen molar-refractivity contribution >= 4 is 11.9 Å². The Morgan fingerprint density at radius 1 is 1.23 bits per heavy atom. The zero-order chi connectivity index (χ0) is 19.3. The summed E-state index contributed by atoms with van der Waals surface area (Å²) in [6.45, 7) is 6.14. The summed E-state index contributed by atoms with van der Waals surface area (Å²) in [6.07, 6.45) is 6.77. The Hall–Kier alpha value is -2.11. The van der Waals surface area contributed by atoms with Gasteiger partial charge in [-0.05, 0) is 49.7 Å². The first kappa shape index (κ1) is 20.2. The van der Waals surface area contributed by atoms with Crippen LogP contribution in [0, 0.1) is 5.92 Å². The van der Waals surface area contributed by atoms with Crippen LogP contribution in [0.25, 0.3) is 0 Å². The predicted molar refractivity (Wildman–Crippen MR) is 101 cm³/mol. The van der Waals surface area contributed by atoms with Crippen LogP contribution in [0.2, 0.25) is 0 Å². The van der Waals surface area contributed by atoms with Crippen molar-refractivity contribution in [2.75, 3.05) is 0 Å². The van der Waals surface area contributed by atoms with Crippen molar-refractivity contribution in [2.24, 2.45) is 5.92 Å². The average Bonchev–Trinajstić information content (AvgIpc) is 2.83. The highest BCUT2D eigenvalue weighted by Gasteiger charge is 2.26. The van der Waals surface area contributed by atoms with Crippen LogP contribution in [0.1, 0.15) is 74.5 Å². The van der Waals surface area contributed by atoms with Gasteiger partial charge in [0.15, 0.2) is 0 Å². The smallest absolute Gasteiger partial charge is 0.326 e. The van der Waals surface area contributed by atoms with E-state index in [1.54, 1.807) is 24.5 Å². The van der Waals surface area contributed by atoms with E-state index in [0.29, 0.717) is 6.54 Å². The third-order valence-electron chi connectivity index (χ3n) is 5.05. The molecule has 0 bridgehead atoms. The van der Waals surface area contributed by atoms with Crippen LogP contribution in [0.3, 0.4) is 0 Å². The molecule has 1 aliphatic carbocycles. The number of aliphatic carboxylic acids is 1. The van der Waals surface area contributed by atoms with Gasteiger partial charge in [0.1, 0.15) is 11.6 Å². The summed E-state index contributed by atoms with van der Waals surface area (Å²) < 4.78 is 1.75. The van der Waals surface area contributed by atoms with E-state index in [0.717, 1.165) is 56.2 Å². The summed E-state index contributed by atoms with van der Waals surface area (Å²) in [5.74, 6) is -1.94. The highest BCUT2D eigenvalue weighted by atomic mass is 16.4. The van der Waals surface area contributed by atoms with Gasteiger partial charge in [-0.25, -0.2) is 4.79 Å². The van der Waals surface area contributed by atoms with E-state index in [2.05, 4.69) is 12.2 Å². The molecule has 1 amide bonds. The number of fused-ring (bicyclic) bond motifs is 1. The Kier molecular flexibility index (Phi) is 7.00. The lowest BCUT2D eigenvalue weighted by Crippen LogP contribution is -2.46. The molecule has 26 heavy (non-hydrogen) atoms. The number of nitrogens with zero attached hydrogens (tertiary/aromatic N) is 1. The average molecular weight is 362 g/mol. The molecule has 1 atom stereocenters. The number of carbonyl (C=O) groups excluding carboxylic acids is 1. The first-order chi connectivity index (χ1) is 12.4. The van der Waals surface area contributed by atoms with Crippen molar-refractivity contribution in [1.29, 1.82) is 0 Å². The van der Waals surface area contributed by atoms with Crippen LogP contribution in [0.5, 0.6) is 0 Å². The van der Waals surface area contributed by atoms with Gasteiger partial charge in [-0.1, -0.05) is 33.6 Å². The maximum absolute atomic E-state index is 13.0. The minimum atomic E-state index is -1.09. The SMILES string of the molecule is CCCCn1c2c(cc(C(=O)N[C@H](C(=O)O)C(C)C)c1=O)CCCCC2. The summed E-state index contributed by atoms with van der Waals surface area (Å²) >= 11 is 0. The molecule has 0 saturated heterocycles. The van der Waals surface area contributed by atoms with Crippen LogP contribution < -0.4 is 10.9 Å². The van der Waals surface area contributed by atoms with Gasteiger partial charge < -0.3 is 15.0 Å². The maximum atomic E-state index is 13.0. The van der Waals surface area contributed by atoms with Crippen LogP contribution >= 0.6 is 0 Å². The van der Waals surface area contributed by atoms with Crippen molar-refractivity contribution in [3.05, 3.63) is 33.2 Å². The molecule has 0 spiro atoms. The van der Waals surface area contributed by atoms with Crippen molar-refractivity contribution in [2.45, 2.75) is 78.3 Å². The summed E-state index contributed by atoms with van der Waals surface area (Å²) in [4.78, 5) is 37.1. The van der Waals surface area contributed by atoms with Gasteiger partial charge in [-0.15, -0.1) is 0 Å². The fraction of sp³-hybridized carbons (Fsp3) is 0.650. The molecular formula is C20H30N2O4. The zero-order valence-corrected chi connectivity index (χ0v) is 16.0. The number of nitrogens with one attached hydrogen (secondary N) is 1. The highest BCUT2D eigenvalue weighted by molar-refractivity contribution is 5.96. The van der Waals surface area contributed by atoms with E-state index in [1.807, 2.05) is 0 Å². The zero-order valence-electron chi connectivity index (χ0n) is 16.0. The lowest BCUT2D eigenvalue weighted by Gasteiger charge is -2.20.